The summed E-state index contributed by atoms with van der Waals surface area (Å²) in [5, 5.41) is 2.89. The maximum atomic E-state index is 12.0. The van der Waals surface area contributed by atoms with E-state index < -0.39 is 0 Å². The van der Waals surface area contributed by atoms with Crippen molar-refractivity contribution in [3.8, 4) is 22.8 Å². The Morgan fingerprint density at radius 1 is 1.00 bits per heavy atom. The van der Waals surface area contributed by atoms with Crippen LogP contribution in [0, 0.1) is 0 Å². The third-order valence-corrected chi connectivity index (χ3v) is 4.14. The number of benzene rings is 2. The van der Waals surface area contributed by atoms with Gasteiger partial charge in [-0.1, -0.05) is 12.1 Å². The van der Waals surface area contributed by atoms with Gasteiger partial charge in [0, 0.05) is 24.9 Å². The van der Waals surface area contributed by atoms with E-state index in [1.54, 1.807) is 20.4 Å². The molecule has 2 aromatic carbocycles. The molecule has 6 nitrogen and oxygen atoms in total. The molecule has 0 radical (unpaired) electrons. The summed E-state index contributed by atoms with van der Waals surface area (Å²) in [6, 6.07) is 15.1. The second kappa shape index (κ2) is 8.89. The van der Waals surface area contributed by atoms with Gasteiger partial charge in [-0.3, -0.25) is 4.79 Å². The number of carbonyl (C=O) groups excluding carboxylic acids is 1. The van der Waals surface area contributed by atoms with Crippen molar-refractivity contribution in [3.05, 3.63) is 66.2 Å². The molecule has 3 aromatic rings. The number of aromatic nitrogens is 1. The summed E-state index contributed by atoms with van der Waals surface area (Å²) in [4.78, 5) is 16.3. The average molecular weight is 366 g/mol. The summed E-state index contributed by atoms with van der Waals surface area (Å²) in [5.74, 6) is 2.75. The highest BCUT2D eigenvalue weighted by atomic mass is 16.5. The molecule has 0 unspecified atom stereocenters. The van der Waals surface area contributed by atoms with Crippen molar-refractivity contribution < 1.29 is 18.7 Å². The van der Waals surface area contributed by atoms with Crippen molar-refractivity contribution in [1.29, 1.82) is 0 Å². The summed E-state index contributed by atoms with van der Waals surface area (Å²) in [6.07, 6.45) is 2.44. The van der Waals surface area contributed by atoms with E-state index in [-0.39, 0.29) is 5.91 Å². The fraction of sp³-hybridized carbons (Fsp3) is 0.238. The van der Waals surface area contributed by atoms with Gasteiger partial charge in [-0.15, -0.1) is 0 Å². The summed E-state index contributed by atoms with van der Waals surface area (Å²) in [7, 11) is 3.25. The lowest BCUT2D eigenvalue weighted by atomic mass is 10.2. The largest absolute Gasteiger partial charge is 0.497 e. The van der Waals surface area contributed by atoms with Gasteiger partial charge in [0.25, 0.3) is 0 Å². The van der Waals surface area contributed by atoms with Crippen LogP contribution in [0.25, 0.3) is 11.3 Å². The highest BCUT2D eigenvalue weighted by molar-refractivity contribution is 5.76. The number of methoxy groups -OCH3 is 2. The minimum Gasteiger partial charge on any atom is -0.497 e. The summed E-state index contributed by atoms with van der Waals surface area (Å²) >= 11 is 0. The van der Waals surface area contributed by atoms with Gasteiger partial charge < -0.3 is 19.2 Å². The Balaban J connectivity index is 1.47. The van der Waals surface area contributed by atoms with Crippen molar-refractivity contribution in [2.24, 2.45) is 0 Å². The lowest BCUT2D eigenvalue weighted by Crippen LogP contribution is -2.23. The van der Waals surface area contributed by atoms with Crippen LogP contribution < -0.4 is 14.8 Å². The van der Waals surface area contributed by atoms with Gasteiger partial charge in [0.1, 0.15) is 11.5 Å². The second-order valence-electron chi connectivity index (χ2n) is 5.97. The topological polar surface area (TPSA) is 73.6 Å². The quantitative estimate of drug-likeness (QED) is 0.659. The van der Waals surface area contributed by atoms with E-state index in [2.05, 4.69) is 10.3 Å². The van der Waals surface area contributed by atoms with Crippen LogP contribution in [0.4, 0.5) is 0 Å². The van der Waals surface area contributed by atoms with Gasteiger partial charge in [-0.25, -0.2) is 4.98 Å². The molecule has 27 heavy (non-hydrogen) atoms. The number of hydrogen-bond acceptors (Lipinski definition) is 5. The van der Waals surface area contributed by atoms with E-state index >= 15 is 0 Å². The van der Waals surface area contributed by atoms with Crippen LogP contribution in [-0.2, 0) is 17.8 Å². The monoisotopic (exact) mass is 366 g/mol. The van der Waals surface area contributed by atoms with Gasteiger partial charge in [0.15, 0.2) is 11.7 Å². The Hall–Kier alpha value is -3.28. The average Bonchev–Trinajstić information content (AvgIpc) is 3.20. The molecule has 0 aliphatic heterocycles. The number of hydrogen-bond donors (Lipinski definition) is 1. The summed E-state index contributed by atoms with van der Waals surface area (Å²) in [6.45, 7) is 0.478. The SMILES string of the molecule is COc1ccc(CNC(=O)CCc2ncc(-c3ccc(OC)cc3)o2)cc1. The van der Waals surface area contributed by atoms with Crippen molar-refractivity contribution in [1.82, 2.24) is 10.3 Å². The first-order chi connectivity index (χ1) is 13.2. The normalized spacial score (nSPS) is 10.4. The molecule has 140 valence electrons. The van der Waals surface area contributed by atoms with E-state index in [4.69, 9.17) is 13.9 Å². The molecular weight excluding hydrogens is 344 g/mol. The van der Waals surface area contributed by atoms with Crippen molar-refractivity contribution >= 4 is 5.91 Å². The van der Waals surface area contributed by atoms with E-state index in [1.807, 2.05) is 48.5 Å². The first-order valence-electron chi connectivity index (χ1n) is 8.66. The molecule has 0 fully saturated rings. The number of rotatable bonds is 8. The maximum Gasteiger partial charge on any atom is 0.220 e. The minimum atomic E-state index is -0.0463. The summed E-state index contributed by atoms with van der Waals surface area (Å²) < 4.78 is 16.0. The third kappa shape index (κ3) is 5.10. The Morgan fingerprint density at radius 2 is 1.63 bits per heavy atom. The van der Waals surface area contributed by atoms with Gasteiger partial charge >= 0.3 is 0 Å². The van der Waals surface area contributed by atoms with Crippen LogP contribution in [0.3, 0.4) is 0 Å². The Bertz CT molecular complexity index is 870. The molecule has 0 spiro atoms. The molecule has 1 amide bonds. The van der Waals surface area contributed by atoms with Crippen molar-refractivity contribution in [2.75, 3.05) is 14.2 Å². The number of nitrogens with one attached hydrogen (secondary N) is 1. The van der Waals surface area contributed by atoms with Crippen LogP contribution in [0.15, 0.2) is 59.1 Å². The fourth-order valence-electron chi connectivity index (χ4n) is 2.57. The number of aryl methyl sites for hydroxylation is 1. The number of nitrogens with zero attached hydrogens (tertiary/aromatic N) is 1. The van der Waals surface area contributed by atoms with Crippen molar-refractivity contribution in [3.63, 3.8) is 0 Å². The molecule has 0 aliphatic carbocycles. The van der Waals surface area contributed by atoms with Gasteiger partial charge in [0.2, 0.25) is 5.91 Å². The maximum absolute atomic E-state index is 12.0. The molecule has 0 saturated heterocycles. The zero-order valence-electron chi connectivity index (χ0n) is 15.4. The number of oxazole rings is 1. The Morgan fingerprint density at radius 3 is 2.26 bits per heavy atom. The van der Waals surface area contributed by atoms with E-state index in [0.29, 0.717) is 31.0 Å². The number of amides is 1. The molecule has 3 rings (SSSR count). The lowest BCUT2D eigenvalue weighted by molar-refractivity contribution is -0.121. The van der Waals surface area contributed by atoms with Crippen molar-refractivity contribution in [2.45, 2.75) is 19.4 Å². The van der Waals surface area contributed by atoms with Gasteiger partial charge in [0.05, 0.1) is 20.4 Å². The number of ether oxygens (including phenoxy) is 2. The molecule has 1 N–H and O–H groups in total. The van der Waals surface area contributed by atoms with E-state index in [9.17, 15) is 4.79 Å². The first kappa shape index (κ1) is 18.5. The Labute approximate surface area is 158 Å². The molecule has 0 aliphatic rings. The highest BCUT2D eigenvalue weighted by Crippen LogP contribution is 2.23. The third-order valence-electron chi connectivity index (χ3n) is 4.14. The van der Waals surface area contributed by atoms with Gasteiger partial charge in [-0.05, 0) is 42.0 Å². The standard InChI is InChI=1S/C21H22N2O4/c1-25-17-7-3-15(4-8-17)13-22-20(24)11-12-21-23-14-19(27-21)16-5-9-18(26-2)10-6-16/h3-10,14H,11-13H2,1-2H3,(H,22,24). The van der Waals surface area contributed by atoms with Crippen LogP contribution in [-0.4, -0.2) is 25.1 Å². The minimum absolute atomic E-state index is 0.0463. The van der Waals surface area contributed by atoms with Crippen LogP contribution in [0.2, 0.25) is 0 Å². The molecule has 1 heterocycles. The van der Waals surface area contributed by atoms with E-state index in [1.165, 1.54) is 0 Å². The molecular formula is C21H22N2O4. The van der Waals surface area contributed by atoms with Gasteiger partial charge in [-0.2, -0.15) is 0 Å². The predicted octanol–water partition coefficient (Wildman–Crippen LogP) is 3.61. The second-order valence-corrected chi connectivity index (χ2v) is 5.97. The Kier molecular flexibility index (Phi) is 6.10. The molecule has 0 atom stereocenters. The van der Waals surface area contributed by atoms with E-state index in [0.717, 1.165) is 22.6 Å². The smallest absolute Gasteiger partial charge is 0.220 e. The number of carbonyl (C=O) groups is 1. The van der Waals surface area contributed by atoms with Crippen LogP contribution in [0.1, 0.15) is 17.9 Å². The lowest BCUT2D eigenvalue weighted by Gasteiger charge is -2.05. The highest BCUT2D eigenvalue weighted by Gasteiger charge is 2.09. The molecule has 6 heteroatoms. The fourth-order valence-corrected chi connectivity index (χ4v) is 2.57. The molecule has 0 bridgehead atoms. The molecule has 0 saturated carbocycles. The first-order valence-corrected chi connectivity index (χ1v) is 8.66. The predicted molar refractivity (Wildman–Crippen MR) is 102 cm³/mol. The van der Waals surface area contributed by atoms with Crippen LogP contribution in [0.5, 0.6) is 11.5 Å². The van der Waals surface area contributed by atoms with Crippen LogP contribution >= 0.6 is 0 Å². The molecule has 1 aromatic heterocycles. The summed E-state index contributed by atoms with van der Waals surface area (Å²) in [5.41, 5.74) is 1.93. The zero-order valence-corrected chi connectivity index (χ0v) is 15.4. The zero-order chi connectivity index (χ0) is 19.1.